The second kappa shape index (κ2) is 11.1. The van der Waals surface area contributed by atoms with Gasteiger partial charge in [0.25, 0.3) is 0 Å². The molecule has 0 heteroatoms. The van der Waals surface area contributed by atoms with Crippen molar-refractivity contribution in [2.45, 2.75) is 20.8 Å². The van der Waals surface area contributed by atoms with Crippen molar-refractivity contribution in [2.75, 3.05) is 0 Å². The van der Waals surface area contributed by atoms with Crippen molar-refractivity contribution in [2.24, 2.45) is 0 Å². The lowest BCUT2D eigenvalue weighted by Crippen LogP contribution is -1.97. The molecule has 10 aromatic carbocycles. The van der Waals surface area contributed by atoms with Crippen molar-refractivity contribution in [1.82, 2.24) is 0 Å². The fourth-order valence-corrected chi connectivity index (χ4v) is 9.37. The monoisotopic (exact) mass is 648 g/mol. The number of benzene rings is 8. The van der Waals surface area contributed by atoms with E-state index in [1.54, 1.807) is 0 Å². The first kappa shape index (κ1) is 29.7. The van der Waals surface area contributed by atoms with Crippen LogP contribution in [0.4, 0.5) is 0 Å². The van der Waals surface area contributed by atoms with Gasteiger partial charge in [-0.05, 0) is 147 Å². The third kappa shape index (κ3) is 4.20. The highest BCUT2D eigenvalue weighted by molar-refractivity contribution is 6.41. The summed E-state index contributed by atoms with van der Waals surface area (Å²) in [5.41, 5.74) is 11.7. The van der Waals surface area contributed by atoms with Crippen molar-refractivity contribution in [3.8, 4) is 33.4 Å². The third-order valence-electron chi connectivity index (χ3n) is 11.2. The number of hydrogen-bond donors (Lipinski definition) is 0. The van der Waals surface area contributed by atoms with E-state index in [1.165, 1.54) is 120 Å². The van der Waals surface area contributed by atoms with Crippen LogP contribution in [0.1, 0.15) is 16.7 Å². The molecule has 0 aliphatic rings. The van der Waals surface area contributed by atoms with Crippen LogP contribution in [-0.4, -0.2) is 0 Å². The van der Waals surface area contributed by atoms with Gasteiger partial charge < -0.3 is 0 Å². The molecular formula is C51H36. The highest BCUT2D eigenvalue weighted by atomic mass is 14.3. The molecule has 0 atom stereocenters. The number of rotatable bonds is 4. The van der Waals surface area contributed by atoms with Gasteiger partial charge in [0.2, 0.25) is 0 Å². The minimum atomic E-state index is 1.23. The van der Waals surface area contributed by atoms with Gasteiger partial charge in [-0.3, -0.25) is 0 Å². The molecule has 10 aromatic rings. The summed E-state index contributed by atoms with van der Waals surface area (Å²) in [6.45, 7) is 10.8. The topological polar surface area (TPSA) is 0 Å². The van der Waals surface area contributed by atoms with E-state index < -0.39 is 0 Å². The Kier molecular flexibility index (Phi) is 6.48. The smallest absolute Gasteiger partial charge is 0.000740 e. The van der Waals surface area contributed by atoms with Crippen LogP contribution in [0.15, 0.2) is 152 Å². The normalized spacial score (nSPS) is 12.4. The van der Waals surface area contributed by atoms with Gasteiger partial charge in [0.1, 0.15) is 0 Å². The molecule has 0 saturated carbocycles. The lowest BCUT2D eigenvalue weighted by atomic mass is 9.85. The molecule has 0 aromatic heterocycles. The molecule has 0 amide bonds. The van der Waals surface area contributed by atoms with Gasteiger partial charge in [0, 0.05) is 0 Å². The Morgan fingerprint density at radius 1 is 0.392 bits per heavy atom. The van der Waals surface area contributed by atoms with Crippen molar-refractivity contribution >= 4 is 70.7 Å². The summed E-state index contributed by atoms with van der Waals surface area (Å²) in [5.74, 6) is 0. The fraction of sp³-hybridized carbons (Fsp3) is 0.0588. The van der Waals surface area contributed by atoms with E-state index in [1.807, 2.05) is 6.08 Å². The second-order valence-electron chi connectivity index (χ2n) is 14.2. The van der Waals surface area contributed by atoms with Crippen LogP contribution in [0.5, 0.6) is 0 Å². The summed E-state index contributed by atoms with van der Waals surface area (Å²) >= 11 is 0. The number of allylic oxidation sites excluding steroid dienone is 1. The zero-order valence-electron chi connectivity index (χ0n) is 29.1. The number of hydrogen-bond acceptors (Lipinski definition) is 0. The van der Waals surface area contributed by atoms with Crippen LogP contribution in [0, 0.1) is 20.8 Å². The zero-order chi connectivity index (χ0) is 34.4. The predicted octanol–water partition coefficient (Wildman–Crippen LogP) is 13.7. The molecule has 0 aliphatic carbocycles. The molecule has 0 radical (unpaired) electrons. The van der Waals surface area contributed by atoms with E-state index in [4.69, 9.17) is 0 Å². The van der Waals surface area contributed by atoms with Crippen molar-refractivity contribution in [3.05, 3.63) is 174 Å². The van der Waals surface area contributed by atoms with Crippen LogP contribution in [-0.2, 0) is 0 Å². The first-order valence-electron chi connectivity index (χ1n) is 17.9. The molecule has 0 heterocycles. The van der Waals surface area contributed by atoms with Crippen molar-refractivity contribution in [3.63, 3.8) is 0 Å². The van der Waals surface area contributed by atoms with Crippen molar-refractivity contribution < 1.29 is 0 Å². The standard InChI is InChI=1S/C51H36/c1-5-15-35-36-20-12-13-21-37(36)43-29-45-44(28-42(35)43)48(34-18-10-7-11-19-34)51-41-25-24-39(46-31(3)26-30(2)27-32(46)4)38-22-14-23-40(49(38)41)50(51)47(45)33-16-8-6-9-17-33/h5-29H,1H2,2-4H3. The molecule has 240 valence electrons. The molecule has 0 bridgehead atoms. The molecule has 51 heavy (non-hydrogen) atoms. The van der Waals surface area contributed by atoms with E-state index in [-0.39, 0.29) is 0 Å². The molecule has 0 spiro atoms. The van der Waals surface area contributed by atoms with Crippen LogP contribution >= 0.6 is 0 Å². The Hall–Kier alpha value is -6.24. The Balaban J connectivity index is 1.50. The van der Waals surface area contributed by atoms with Crippen LogP contribution < -0.4 is 5.22 Å². The Labute approximate surface area is 297 Å². The van der Waals surface area contributed by atoms with Gasteiger partial charge in [0.15, 0.2) is 0 Å². The predicted molar refractivity (Wildman–Crippen MR) is 223 cm³/mol. The van der Waals surface area contributed by atoms with E-state index in [0.717, 1.165) is 0 Å². The summed E-state index contributed by atoms with van der Waals surface area (Å²) < 4.78 is 0. The van der Waals surface area contributed by atoms with Gasteiger partial charge in [-0.25, -0.2) is 0 Å². The Morgan fingerprint density at radius 2 is 0.922 bits per heavy atom. The summed E-state index contributed by atoms with van der Waals surface area (Å²) in [7, 11) is 0. The molecule has 10 rings (SSSR count). The first-order chi connectivity index (χ1) is 25.0. The summed E-state index contributed by atoms with van der Waals surface area (Å²) in [6, 6.07) is 52.3. The minimum Gasteiger partial charge on any atom is -0.0990 e. The van der Waals surface area contributed by atoms with Crippen molar-refractivity contribution in [1.29, 1.82) is 0 Å². The van der Waals surface area contributed by atoms with Gasteiger partial charge >= 0.3 is 0 Å². The molecule has 0 fully saturated rings. The quantitative estimate of drug-likeness (QED) is 0.178. The SMILES string of the molecule is C=CC=c1c2ccccc2c2cc3c(-c4ccccc4)c4c5cccc6c(-c7c(C)cc(C)cc7C)ccc(c4c(-c4ccccc4)c3cc12)c65. The van der Waals surface area contributed by atoms with Crippen LogP contribution in [0.3, 0.4) is 0 Å². The highest BCUT2D eigenvalue weighted by Gasteiger charge is 2.25. The largest absolute Gasteiger partial charge is 0.0990 e. The molecule has 0 N–H and O–H groups in total. The second-order valence-corrected chi connectivity index (χ2v) is 14.2. The first-order valence-corrected chi connectivity index (χ1v) is 17.9. The average Bonchev–Trinajstić information content (AvgIpc) is 3.64. The van der Waals surface area contributed by atoms with Crippen LogP contribution in [0.25, 0.3) is 104 Å². The molecule has 0 nitrogen and oxygen atoms in total. The minimum absolute atomic E-state index is 1.23. The van der Waals surface area contributed by atoms with E-state index in [0.29, 0.717) is 0 Å². The lowest BCUT2D eigenvalue weighted by molar-refractivity contribution is 1.32. The zero-order valence-corrected chi connectivity index (χ0v) is 29.1. The van der Waals surface area contributed by atoms with E-state index >= 15 is 0 Å². The summed E-state index contributed by atoms with van der Waals surface area (Å²) in [5, 5.41) is 16.8. The maximum Gasteiger partial charge on any atom is -0.000740 e. The van der Waals surface area contributed by atoms with E-state index in [2.05, 4.69) is 173 Å². The van der Waals surface area contributed by atoms with Gasteiger partial charge in [-0.15, -0.1) is 0 Å². The average molecular weight is 649 g/mol. The Morgan fingerprint density at radius 3 is 1.55 bits per heavy atom. The maximum atomic E-state index is 4.11. The molecule has 0 saturated heterocycles. The van der Waals surface area contributed by atoms with Crippen LogP contribution in [0.2, 0.25) is 0 Å². The highest BCUT2D eigenvalue weighted by Crippen LogP contribution is 2.53. The maximum absolute atomic E-state index is 4.11. The Bertz CT molecular complexity index is 3070. The van der Waals surface area contributed by atoms with Gasteiger partial charge in [-0.2, -0.15) is 0 Å². The summed E-state index contributed by atoms with van der Waals surface area (Å²) in [4.78, 5) is 0. The number of fused-ring (bicyclic) bond motifs is 7. The summed E-state index contributed by atoms with van der Waals surface area (Å²) in [6.07, 6.45) is 4.10. The number of aryl methyl sites for hydroxylation is 3. The van der Waals surface area contributed by atoms with Gasteiger partial charge in [0.05, 0.1) is 0 Å². The molecule has 0 unspecified atom stereocenters. The molecular weight excluding hydrogens is 613 g/mol. The lowest BCUT2D eigenvalue weighted by Gasteiger charge is -2.17. The fourth-order valence-electron chi connectivity index (χ4n) is 9.37. The van der Waals surface area contributed by atoms with Gasteiger partial charge in [-0.1, -0.05) is 152 Å². The van der Waals surface area contributed by atoms with E-state index in [9.17, 15) is 0 Å². The molecule has 0 aliphatic heterocycles. The third-order valence-corrected chi connectivity index (χ3v) is 11.2.